The van der Waals surface area contributed by atoms with Crippen LogP contribution in [0.4, 0.5) is 13.2 Å². The van der Waals surface area contributed by atoms with Crippen LogP contribution in [-0.2, 0) is 6.42 Å². The van der Waals surface area contributed by atoms with E-state index in [1.165, 1.54) is 12.1 Å². The second kappa shape index (κ2) is 4.19. The number of alkyl halides is 2. The normalized spacial score (nSPS) is 11.8. The van der Waals surface area contributed by atoms with Crippen LogP contribution in [0.3, 0.4) is 0 Å². The number of hydrogen-bond acceptors (Lipinski definition) is 1. The molecule has 1 rings (SSSR count). The van der Waals surface area contributed by atoms with E-state index in [0.29, 0.717) is 0 Å². The van der Waals surface area contributed by atoms with Crippen molar-refractivity contribution in [1.82, 2.24) is 0 Å². The molecule has 0 fully saturated rings. The molecule has 0 saturated heterocycles. The highest BCUT2D eigenvalue weighted by molar-refractivity contribution is 6.30. The lowest BCUT2D eigenvalue weighted by molar-refractivity contribution is 0.0115. The van der Waals surface area contributed by atoms with Gasteiger partial charge >= 0.3 is 0 Å². The zero-order valence-electron chi connectivity index (χ0n) is 7.24. The van der Waals surface area contributed by atoms with Gasteiger partial charge in [0.15, 0.2) is 0 Å². The van der Waals surface area contributed by atoms with Crippen molar-refractivity contribution in [1.29, 1.82) is 0 Å². The fraction of sp³-hybridized carbons (Fsp3) is 0.333. The first kappa shape index (κ1) is 11.3. The van der Waals surface area contributed by atoms with Gasteiger partial charge in [0.1, 0.15) is 5.82 Å². The molecule has 1 nitrogen and oxygen atoms in total. The second-order valence-electron chi connectivity index (χ2n) is 2.99. The van der Waals surface area contributed by atoms with Crippen LogP contribution in [0.1, 0.15) is 5.56 Å². The van der Waals surface area contributed by atoms with E-state index >= 15 is 0 Å². The molecule has 1 aromatic carbocycles. The molecule has 0 aliphatic heterocycles. The maximum absolute atomic E-state index is 12.8. The minimum atomic E-state index is -2.97. The third kappa shape index (κ3) is 2.89. The molecule has 0 unspecified atom stereocenters. The molecule has 1 aromatic rings. The Morgan fingerprint density at radius 2 is 2.00 bits per heavy atom. The summed E-state index contributed by atoms with van der Waals surface area (Å²) >= 11 is 5.43. The summed E-state index contributed by atoms with van der Waals surface area (Å²) in [6, 6.07) is 3.51. The van der Waals surface area contributed by atoms with E-state index in [1.54, 1.807) is 0 Å². The number of halogens is 4. The third-order valence-corrected chi connectivity index (χ3v) is 2.04. The SMILES string of the molecule is NCC(F)(F)Cc1ccc(F)c(Cl)c1. The van der Waals surface area contributed by atoms with Crippen LogP contribution in [0.25, 0.3) is 0 Å². The highest BCUT2D eigenvalue weighted by Gasteiger charge is 2.27. The monoisotopic (exact) mass is 223 g/mol. The van der Waals surface area contributed by atoms with E-state index in [1.807, 2.05) is 0 Å². The first-order valence-electron chi connectivity index (χ1n) is 3.96. The number of hydrogen-bond donors (Lipinski definition) is 1. The Labute approximate surface area is 84.7 Å². The average molecular weight is 224 g/mol. The Bertz CT molecular complexity index is 328. The summed E-state index contributed by atoms with van der Waals surface area (Å²) in [6.45, 7) is -0.734. The summed E-state index contributed by atoms with van der Waals surface area (Å²) < 4.78 is 38.3. The van der Waals surface area contributed by atoms with E-state index in [2.05, 4.69) is 0 Å². The first-order chi connectivity index (χ1) is 6.44. The van der Waals surface area contributed by atoms with E-state index in [0.717, 1.165) is 6.07 Å². The van der Waals surface area contributed by atoms with Crippen LogP contribution in [0.5, 0.6) is 0 Å². The molecule has 78 valence electrons. The van der Waals surface area contributed by atoms with Gasteiger partial charge in [-0.2, -0.15) is 0 Å². The average Bonchev–Trinajstić information content (AvgIpc) is 2.11. The number of nitrogens with two attached hydrogens (primary N) is 1. The molecule has 0 amide bonds. The van der Waals surface area contributed by atoms with Gasteiger partial charge in [0.2, 0.25) is 0 Å². The van der Waals surface area contributed by atoms with Crippen LogP contribution >= 0.6 is 11.6 Å². The predicted octanol–water partition coefficient (Wildman–Crippen LogP) is 2.62. The van der Waals surface area contributed by atoms with Crippen molar-refractivity contribution < 1.29 is 13.2 Å². The van der Waals surface area contributed by atoms with E-state index < -0.39 is 24.7 Å². The van der Waals surface area contributed by atoms with Gasteiger partial charge in [0.05, 0.1) is 11.6 Å². The van der Waals surface area contributed by atoms with Gasteiger partial charge in [-0.05, 0) is 17.7 Å². The molecule has 0 bridgehead atoms. The van der Waals surface area contributed by atoms with Crippen LogP contribution in [0.15, 0.2) is 18.2 Å². The molecular weight excluding hydrogens is 215 g/mol. The first-order valence-corrected chi connectivity index (χ1v) is 4.34. The number of rotatable bonds is 3. The second-order valence-corrected chi connectivity index (χ2v) is 3.39. The van der Waals surface area contributed by atoms with Gasteiger partial charge in [-0.3, -0.25) is 0 Å². The smallest absolute Gasteiger partial charge is 0.264 e. The lowest BCUT2D eigenvalue weighted by atomic mass is 10.1. The highest BCUT2D eigenvalue weighted by atomic mass is 35.5. The predicted molar refractivity (Wildman–Crippen MR) is 49.1 cm³/mol. The summed E-state index contributed by atoms with van der Waals surface area (Å²) in [5, 5.41) is -0.157. The third-order valence-electron chi connectivity index (χ3n) is 1.75. The van der Waals surface area contributed by atoms with Crippen LogP contribution in [0.2, 0.25) is 5.02 Å². The minimum Gasteiger partial charge on any atom is -0.325 e. The molecule has 5 heteroatoms. The summed E-state index contributed by atoms with van der Waals surface area (Å²) in [6.07, 6.45) is -0.524. The Morgan fingerprint density at radius 3 is 2.50 bits per heavy atom. The van der Waals surface area contributed by atoms with Crippen molar-refractivity contribution in [2.24, 2.45) is 5.73 Å². The zero-order chi connectivity index (χ0) is 10.8. The summed E-state index contributed by atoms with van der Waals surface area (Å²) in [7, 11) is 0. The summed E-state index contributed by atoms with van der Waals surface area (Å²) in [5.41, 5.74) is 5.14. The van der Waals surface area contributed by atoms with Crippen molar-refractivity contribution in [2.45, 2.75) is 12.3 Å². The molecule has 0 saturated carbocycles. The number of benzene rings is 1. The summed E-state index contributed by atoms with van der Waals surface area (Å²) in [5.74, 6) is -3.59. The Kier molecular flexibility index (Phi) is 3.39. The quantitative estimate of drug-likeness (QED) is 0.838. The fourth-order valence-electron chi connectivity index (χ4n) is 1.02. The largest absolute Gasteiger partial charge is 0.325 e. The fourth-order valence-corrected chi connectivity index (χ4v) is 1.22. The molecule has 0 heterocycles. The van der Waals surface area contributed by atoms with Crippen molar-refractivity contribution in [3.63, 3.8) is 0 Å². The topological polar surface area (TPSA) is 26.0 Å². The van der Waals surface area contributed by atoms with Crippen LogP contribution in [0, 0.1) is 5.82 Å². The van der Waals surface area contributed by atoms with Crippen LogP contribution in [-0.4, -0.2) is 12.5 Å². The zero-order valence-corrected chi connectivity index (χ0v) is 7.99. The molecule has 2 N–H and O–H groups in total. The molecule has 0 aliphatic rings. The van der Waals surface area contributed by atoms with E-state index in [4.69, 9.17) is 17.3 Å². The molecule has 0 aliphatic carbocycles. The van der Waals surface area contributed by atoms with Crippen molar-refractivity contribution in [2.75, 3.05) is 6.54 Å². The van der Waals surface area contributed by atoms with Crippen LogP contribution < -0.4 is 5.73 Å². The van der Waals surface area contributed by atoms with Gasteiger partial charge in [0, 0.05) is 6.42 Å². The van der Waals surface area contributed by atoms with E-state index in [9.17, 15) is 13.2 Å². The molecule has 0 atom stereocenters. The van der Waals surface area contributed by atoms with Gasteiger partial charge in [-0.15, -0.1) is 0 Å². The Hall–Kier alpha value is -0.740. The van der Waals surface area contributed by atoms with Crippen molar-refractivity contribution in [3.8, 4) is 0 Å². The molecule has 0 spiro atoms. The van der Waals surface area contributed by atoms with Gasteiger partial charge in [0.25, 0.3) is 5.92 Å². The van der Waals surface area contributed by atoms with Gasteiger partial charge in [-0.25, -0.2) is 13.2 Å². The Balaban J connectivity index is 2.83. The molecule has 0 aromatic heterocycles. The van der Waals surface area contributed by atoms with Gasteiger partial charge < -0.3 is 5.73 Å². The van der Waals surface area contributed by atoms with Crippen molar-refractivity contribution in [3.05, 3.63) is 34.6 Å². The maximum atomic E-state index is 12.8. The lowest BCUT2D eigenvalue weighted by Crippen LogP contribution is -2.30. The highest BCUT2D eigenvalue weighted by Crippen LogP contribution is 2.22. The maximum Gasteiger partial charge on any atom is 0.264 e. The Morgan fingerprint density at radius 1 is 1.36 bits per heavy atom. The molecule has 14 heavy (non-hydrogen) atoms. The summed E-state index contributed by atoms with van der Waals surface area (Å²) in [4.78, 5) is 0. The lowest BCUT2D eigenvalue weighted by Gasteiger charge is -2.13. The van der Waals surface area contributed by atoms with Gasteiger partial charge in [-0.1, -0.05) is 17.7 Å². The minimum absolute atomic E-state index is 0.157. The van der Waals surface area contributed by atoms with Crippen molar-refractivity contribution >= 4 is 11.6 Å². The standard InChI is InChI=1S/C9H9ClF3N/c10-7-3-6(1-2-8(7)11)4-9(12,13)5-14/h1-3H,4-5,14H2. The van der Waals surface area contributed by atoms with E-state index in [-0.39, 0.29) is 10.6 Å². The molecular formula is C9H9ClF3N. The molecule has 0 radical (unpaired) electrons.